The van der Waals surface area contributed by atoms with Gasteiger partial charge in [-0.1, -0.05) is 13.2 Å². The number of Topliss-reactive ketones (excluding diaryl/α,β-unsaturated/α-hetero) is 2. The SMILES string of the molecule is C=C(C)C(=O)C1COC(O)C1C(=O)C(=C)C. The molecule has 4 heteroatoms. The van der Waals surface area contributed by atoms with Crippen LogP contribution in [-0.4, -0.2) is 29.6 Å². The molecule has 0 bridgehead atoms. The minimum Gasteiger partial charge on any atom is -0.367 e. The maximum atomic E-state index is 11.8. The summed E-state index contributed by atoms with van der Waals surface area (Å²) in [5.74, 6) is -2.06. The minimum atomic E-state index is -1.22. The van der Waals surface area contributed by atoms with Crippen molar-refractivity contribution in [2.75, 3.05) is 6.61 Å². The van der Waals surface area contributed by atoms with Gasteiger partial charge in [0.1, 0.15) is 0 Å². The molecule has 3 unspecified atom stereocenters. The molecule has 4 nitrogen and oxygen atoms in total. The smallest absolute Gasteiger partial charge is 0.166 e. The summed E-state index contributed by atoms with van der Waals surface area (Å²) in [6.07, 6.45) is -1.22. The molecule has 88 valence electrons. The highest BCUT2D eigenvalue weighted by molar-refractivity contribution is 6.03. The molecule has 0 amide bonds. The number of hydrogen-bond acceptors (Lipinski definition) is 4. The Morgan fingerprint density at radius 2 is 1.69 bits per heavy atom. The van der Waals surface area contributed by atoms with E-state index in [1.165, 1.54) is 0 Å². The number of aliphatic hydroxyl groups is 1. The van der Waals surface area contributed by atoms with E-state index in [4.69, 9.17) is 4.74 Å². The molecule has 0 aromatic heterocycles. The number of carbonyl (C=O) groups is 2. The first kappa shape index (κ1) is 12.8. The number of rotatable bonds is 4. The fourth-order valence-electron chi connectivity index (χ4n) is 1.76. The van der Waals surface area contributed by atoms with Gasteiger partial charge in [0, 0.05) is 0 Å². The lowest BCUT2D eigenvalue weighted by Gasteiger charge is -2.17. The van der Waals surface area contributed by atoms with Gasteiger partial charge in [-0.3, -0.25) is 9.59 Å². The monoisotopic (exact) mass is 224 g/mol. The normalized spacial score (nSPS) is 28.8. The van der Waals surface area contributed by atoms with Gasteiger partial charge in [-0.15, -0.1) is 0 Å². The van der Waals surface area contributed by atoms with Crippen LogP contribution in [0.1, 0.15) is 13.8 Å². The average Bonchev–Trinajstić information content (AvgIpc) is 2.57. The van der Waals surface area contributed by atoms with E-state index in [9.17, 15) is 14.7 Å². The first-order valence-electron chi connectivity index (χ1n) is 5.05. The third kappa shape index (κ3) is 2.28. The Balaban J connectivity index is 2.94. The van der Waals surface area contributed by atoms with Crippen LogP contribution >= 0.6 is 0 Å². The molecular weight excluding hydrogens is 208 g/mol. The third-order valence-corrected chi connectivity index (χ3v) is 2.67. The molecule has 1 rings (SSSR count). The van der Waals surface area contributed by atoms with E-state index >= 15 is 0 Å². The van der Waals surface area contributed by atoms with Crippen molar-refractivity contribution in [1.29, 1.82) is 0 Å². The number of allylic oxidation sites excluding steroid dienone is 2. The molecule has 16 heavy (non-hydrogen) atoms. The summed E-state index contributed by atoms with van der Waals surface area (Å²) >= 11 is 0. The Morgan fingerprint density at radius 3 is 2.12 bits per heavy atom. The molecule has 1 aliphatic heterocycles. The van der Waals surface area contributed by atoms with Crippen LogP contribution in [0.25, 0.3) is 0 Å². The summed E-state index contributed by atoms with van der Waals surface area (Å²) in [5, 5.41) is 9.54. The van der Waals surface area contributed by atoms with Gasteiger partial charge < -0.3 is 9.84 Å². The molecule has 1 fully saturated rings. The van der Waals surface area contributed by atoms with Crippen LogP contribution in [0.15, 0.2) is 24.3 Å². The van der Waals surface area contributed by atoms with Gasteiger partial charge in [0.2, 0.25) is 0 Å². The first-order valence-corrected chi connectivity index (χ1v) is 5.05. The molecule has 0 saturated carbocycles. The van der Waals surface area contributed by atoms with Crippen LogP contribution in [0.4, 0.5) is 0 Å². The standard InChI is InChI=1S/C12H16O4/c1-6(2)10(13)8-5-16-12(15)9(8)11(14)7(3)4/h8-9,12,15H,1,3,5H2,2,4H3. The largest absolute Gasteiger partial charge is 0.367 e. The van der Waals surface area contributed by atoms with E-state index in [0.29, 0.717) is 11.1 Å². The van der Waals surface area contributed by atoms with Crippen LogP contribution in [-0.2, 0) is 14.3 Å². The van der Waals surface area contributed by atoms with Gasteiger partial charge in [0.05, 0.1) is 18.4 Å². The molecular formula is C12H16O4. The van der Waals surface area contributed by atoms with Gasteiger partial charge in [0.25, 0.3) is 0 Å². The molecule has 3 atom stereocenters. The maximum Gasteiger partial charge on any atom is 0.166 e. The van der Waals surface area contributed by atoms with Crippen LogP contribution in [0, 0.1) is 11.8 Å². The van der Waals surface area contributed by atoms with Crippen molar-refractivity contribution in [1.82, 2.24) is 0 Å². The molecule has 0 spiro atoms. The van der Waals surface area contributed by atoms with E-state index in [2.05, 4.69) is 13.2 Å². The van der Waals surface area contributed by atoms with Crippen molar-refractivity contribution in [2.24, 2.45) is 11.8 Å². The van der Waals surface area contributed by atoms with E-state index < -0.39 is 18.1 Å². The highest BCUT2D eigenvalue weighted by atomic mass is 16.6. The maximum absolute atomic E-state index is 11.8. The molecule has 0 aliphatic carbocycles. The van der Waals surface area contributed by atoms with Gasteiger partial charge in [-0.2, -0.15) is 0 Å². The molecule has 0 aromatic carbocycles. The Kier molecular flexibility index (Phi) is 3.78. The quantitative estimate of drug-likeness (QED) is 0.719. The topological polar surface area (TPSA) is 63.6 Å². The number of ether oxygens (including phenoxy) is 1. The van der Waals surface area contributed by atoms with E-state index in [1.54, 1.807) is 13.8 Å². The molecule has 0 aromatic rings. The highest BCUT2D eigenvalue weighted by Gasteiger charge is 2.44. The summed E-state index contributed by atoms with van der Waals surface area (Å²) < 4.78 is 4.95. The molecule has 1 N–H and O–H groups in total. The van der Waals surface area contributed by atoms with Gasteiger partial charge >= 0.3 is 0 Å². The summed E-state index contributed by atoms with van der Waals surface area (Å²) in [7, 11) is 0. The number of ketones is 2. The van der Waals surface area contributed by atoms with Gasteiger partial charge in [0.15, 0.2) is 17.9 Å². The lowest BCUT2D eigenvalue weighted by Crippen LogP contribution is -2.33. The fourth-order valence-corrected chi connectivity index (χ4v) is 1.76. The molecule has 1 aliphatic rings. The Morgan fingerprint density at radius 1 is 1.19 bits per heavy atom. The van der Waals surface area contributed by atoms with Crippen molar-refractivity contribution < 1.29 is 19.4 Å². The van der Waals surface area contributed by atoms with Crippen molar-refractivity contribution in [3.63, 3.8) is 0 Å². The lowest BCUT2D eigenvalue weighted by atomic mass is 9.83. The zero-order valence-electron chi connectivity index (χ0n) is 9.53. The average molecular weight is 224 g/mol. The second kappa shape index (κ2) is 4.72. The fraction of sp³-hybridized carbons (Fsp3) is 0.500. The van der Waals surface area contributed by atoms with Crippen LogP contribution < -0.4 is 0 Å². The zero-order valence-corrected chi connectivity index (χ0v) is 9.53. The Labute approximate surface area is 94.6 Å². The van der Waals surface area contributed by atoms with Gasteiger partial charge in [-0.25, -0.2) is 0 Å². The Hall–Kier alpha value is -1.26. The second-order valence-corrected chi connectivity index (χ2v) is 4.15. The third-order valence-electron chi connectivity index (χ3n) is 2.67. The predicted molar refractivity (Wildman–Crippen MR) is 58.6 cm³/mol. The van der Waals surface area contributed by atoms with Crippen molar-refractivity contribution >= 4 is 11.6 Å². The molecule has 0 radical (unpaired) electrons. The first-order chi connectivity index (χ1) is 7.36. The summed E-state index contributed by atoms with van der Waals surface area (Å²) in [6.45, 7) is 10.2. The number of aliphatic hydroxyl groups excluding tert-OH is 1. The van der Waals surface area contributed by atoms with Crippen molar-refractivity contribution in [3.05, 3.63) is 24.3 Å². The molecule has 1 heterocycles. The lowest BCUT2D eigenvalue weighted by molar-refractivity contribution is -0.134. The minimum absolute atomic E-state index is 0.0521. The zero-order chi connectivity index (χ0) is 12.5. The van der Waals surface area contributed by atoms with E-state index in [0.717, 1.165) is 0 Å². The van der Waals surface area contributed by atoms with Crippen LogP contribution in [0.2, 0.25) is 0 Å². The number of carbonyl (C=O) groups excluding carboxylic acids is 2. The van der Waals surface area contributed by atoms with Crippen molar-refractivity contribution in [2.45, 2.75) is 20.1 Å². The van der Waals surface area contributed by atoms with E-state index in [-0.39, 0.29) is 18.2 Å². The van der Waals surface area contributed by atoms with Gasteiger partial charge in [-0.05, 0) is 25.0 Å². The summed E-state index contributed by atoms with van der Waals surface area (Å²) in [4.78, 5) is 23.5. The molecule has 1 saturated heterocycles. The Bertz CT molecular complexity index is 356. The summed E-state index contributed by atoms with van der Waals surface area (Å²) in [5.41, 5.74) is 0.677. The van der Waals surface area contributed by atoms with Crippen molar-refractivity contribution in [3.8, 4) is 0 Å². The van der Waals surface area contributed by atoms with Crippen LogP contribution in [0.3, 0.4) is 0 Å². The highest BCUT2D eigenvalue weighted by Crippen LogP contribution is 2.30. The predicted octanol–water partition coefficient (Wildman–Crippen LogP) is 0.858. The van der Waals surface area contributed by atoms with E-state index in [1.807, 2.05) is 0 Å². The van der Waals surface area contributed by atoms with Crippen LogP contribution in [0.5, 0.6) is 0 Å². The second-order valence-electron chi connectivity index (χ2n) is 4.15. The summed E-state index contributed by atoms with van der Waals surface area (Å²) in [6, 6.07) is 0. The number of hydrogen-bond donors (Lipinski definition) is 1.